The van der Waals surface area contributed by atoms with Crippen molar-refractivity contribution in [2.75, 3.05) is 0 Å². The molecule has 0 heteroatoms. The Hall–Kier alpha value is -0.780. The molecule has 0 aliphatic heterocycles. The Bertz CT molecular complexity index is 254. The summed E-state index contributed by atoms with van der Waals surface area (Å²) in [6, 6.07) is 0. The van der Waals surface area contributed by atoms with Crippen molar-refractivity contribution in [3.05, 3.63) is 36.5 Å². The van der Waals surface area contributed by atoms with Crippen LogP contribution in [-0.2, 0) is 0 Å². The standard InChI is InChI=1S/C21H36/c1-2-4-6-8-10-12-14-16-18-20-21-19-17-15-13-11-9-7-5-3-1/h1-6H,7-21H2/b2-1-,5-3-,6-4-. The molecule has 120 valence electrons. The number of allylic oxidation sites excluding steroid dienone is 6. The van der Waals surface area contributed by atoms with E-state index in [0.717, 1.165) is 0 Å². The maximum atomic E-state index is 2.31. The van der Waals surface area contributed by atoms with E-state index in [1.54, 1.807) is 0 Å². The van der Waals surface area contributed by atoms with E-state index in [4.69, 9.17) is 0 Å². The molecule has 0 unspecified atom stereocenters. The number of rotatable bonds is 0. The minimum Gasteiger partial charge on any atom is -0.0845 e. The molecule has 0 fully saturated rings. The molecule has 0 amide bonds. The van der Waals surface area contributed by atoms with Crippen LogP contribution in [0.3, 0.4) is 0 Å². The van der Waals surface area contributed by atoms with Crippen LogP contribution < -0.4 is 0 Å². The third-order valence-electron chi connectivity index (χ3n) is 4.35. The molecule has 0 spiro atoms. The van der Waals surface area contributed by atoms with Crippen LogP contribution in [0, 0.1) is 0 Å². The summed E-state index contributed by atoms with van der Waals surface area (Å²) in [6.07, 6.45) is 34.5. The van der Waals surface area contributed by atoms with Crippen LogP contribution in [0.1, 0.15) is 96.3 Å². The number of hydrogen-bond acceptors (Lipinski definition) is 0. The molecule has 1 aliphatic carbocycles. The molecule has 0 aromatic heterocycles. The first-order valence-corrected chi connectivity index (χ1v) is 9.48. The Labute approximate surface area is 133 Å². The molecule has 0 nitrogen and oxygen atoms in total. The summed E-state index contributed by atoms with van der Waals surface area (Å²) in [4.78, 5) is 0. The van der Waals surface area contributed by atoms with Gasteiger partial charge in [0.2, 0.25) is 0 Å². The van der Waals surface area contributed by atoms with Crippen LogP contribution in [0.25, 0.3) is 0 Å². The van der Waals surface area contributed by atoms with Gasteiger partial charge in [-0.25, -0.2) is 0 Å². The van der Waals surface area contributed by atoms with Gasteiger partial charge in [0.05, 0.1) is 0 Å². The topological polar surface area (TPSA) is 0 Å². The van der Waals surface area contributed by atoms with E-state index in [0.29, 0.717) is 0 Å². The normalized spacial score (nSPS) is 26.3. The van der Waals surface area contributed by atoms with Crippen molar-refractivity contribution in [3.8, 4) is 0 Å². The summed E-state index contributed by atoms with van der Waals surface area (Å²) in [6.45, 7) is 0. The van der Waals surface area contributed by atoms with Crippen molar-refractivity contribution < 1.29 is 0 Å². The highest BCUT2D eigenvalue weighted by atomic mass is 14.0. The van der Waals surface area contributed by atoms with Gasteiger partial charge in [-0.05, 0) is 25.7 Å². The van der Waals surface area contributed by atoms with Gasteiger partial charge < -0.3 is 0 Å². The minimum absolute atomic E-state index is 1.24. The van der Waals surface area contributed by atoms with Crippen molar-refractivity contribution in [3.63, 3.8) is 0 Å². The molecule has 0 atom stereocenters. The van der Waals surface area contributed by atoms with Gasteiger partial charge in [0.15, 0.2) is 0 Å². The average Bonchev–Trinajstić information content (AvgIpc) is 2.50. The lowest BCUT2D eigenvalue weighted by Gasteiger charge is -2.02. The van der Waals surface area contributed by atoms with Gasteiger partial charge in [0.25, 0.3) is 0 Å². The van der Waals surface area contributed by atoms with Crippen LogP contribution in [0.15, 0.2) is 36.5 Å². The second-order valence-electron chi connectivity index (χ2n) is 6.41. The highest BCUT2D eigenvalue weighted by Crippen LogP contribution is 2.13. The largest absolute Gasteiger partial charge is 0.0845 e. The Kier molecular flexibility index (Phi) is 13.6. The highest BCUT2D eigenvalue weighted by molar-refractivity contribution is 5.10. The van der Waals surface area contributed by atoms with Crippen LogP contribution in [0.2, 0.25) is 0 Å². The van der Waals surface area contributed by atoms with Gasteiger partial charge >= 0.3 is 0 Å². The Morgan fingerprint density at radius 3 is 0.905 bits per heavy atom. The molecule has 0 saturated carbocycles. The van der Waals surface area contributed by atoms with Crippen LogP contribution in [0.5, 0.6) is 0 Å². The zero-order valence-corrected chi connectivity index (χ0v) is 14.1. The third kappa shape index (κ3) is 13.9. The summed E-state index contributed by atoms with van der Waals surface area (Å²) in [5.41, 5.74) is 0. The van der Waals surface area contributed by atoms with Gasteiger partial charge in [-0.15, -0.1) is 0 Å². The van der Waals surface area contributed by atoms with Crippen molar-refractivity contribution in [2.24, 2.45) is 0 Å². The molecule has 0 saturated heterocycles. The van der Waals surface area contributed by atoms with Crippen molar-refractivity contribution in [1.29, 1.82) is 0 Å². The lowest BCUT2D eigenvalue weighted by atomic mass is 10.0. The molecular weight excluding hydrogens is 252 g/mol. The first-order valence-electron chi connectivity index (χ1n) is 9.48. The SMILES string of the molecule is C1=C\C=C/CCCCCCCCCCCCCCC\C=C/1. The zero-order valence-electron chi connectivity index (χ0n) is 14.1. The lowest BCUT2D eigenvalue weighted by Crippen LogP contribution is -1.83. The molecule has 0 aromatic carbocycles. The average molecular weight is 289 g/mol. The summed E-state index contributed by atoms with van der Waals surface area (Å²) in [5, 5.41) is 0. The Morgan fingerprint density at radius 2 is 0.571 bits per heavy atom. The molecule has 1 aliphatic rings. The fraction of sp³-hybridized carbons (Fsp3) is 0.714. The Balaban J connectivity index is 2.17. The molecule has 0 N–H and O–H groups in total. The second kappa shape index (κ2) is 15.6. The zero-order chi connectivity index (χ0) is 14.8. The van der Waals surface area contributed by atoms with E-state index in [2.05, 4.69) is 36.5 Å². The fourth-order valence-corrected chi connectivity index (χ4v) is 2.95. The smallest absolute Gasteiger partial charge is 0.0348 e. The van der Waals surface area contributed by atoms with Gasteiger partial charge in [-0.2, -0.15) is 0 Å². The molecule has 21 heavy (non-hydrogen) atoms. The van der Waals surface area contributed by atoms with Crippen LogP contribution in [0.4, 0.5) is 0 Å². The Morgan fingerprint density at radius 1 is 0.286 bits per heavy atom. The minimum atomic E-state index is 1.24. The predicted molar refractivity (Wildman–Crippen MR) is 96.7 cm³/mol. The number of hydrogen-bond donors (Lipinski definition) is 0. The highest BCUT2D eigenvalue weighted by Gasteiger charge is 1.93. The summed E-state index contributed by atoms with van der Waals surface area (Å²) in [5.74, 6) is 0. The van der Waals surface area contributed by atoms with Crippen LogP contribution in [-0.4, -0.2) is 0 Å². The molecule has 0 bridgehead atoms. The summed E-state index contributed by atoms with van der Waals surface area (Å²) < 4.78 is 0. The maximum absolute atomic E-state index is 2.31. The van der Waals surface area contributed by atoms with Crippen molar-refractivity contribution in [2.45, 2.75) is 96.3 Å². The van der Waals surface area contributed by atoms with Gasteiger partial charge in [0, 0.05) is 0 Å². The van der Waals surface area contributed by atoms with E-state index in [-0.39, 0.29) is 0 Å². The molecular formula is C21H36. The predicted octanol–water partition coefficient (Wildman–Crippen LogP) is 7.52. The van der Waals surface area contributed by atoms with Gasteiger partial charge in [-0.3, -0.25) is 0 Å². The lowest BCUT2D eigenvalue weighted by molar-refractivity contribution is 0.538. The molecule has 0 heterocycles. The van der Waals surface area contributed by atoms with Crippen molar-refractivity contribution >= 4 is 0 Å². The van der Waals surface area contributed by atoms with E-state index in [1.165, 1.54) is 96.3 Å². The third-order valence-corrected chi connectivity index (χ3v) is 4.35. The van der Waals surface area contributed by atoms with Crippen molar-refractivity contribution in [1.82, 2.24) is 0 Å². The second-order valence-corrected chi connectivity index (χ2v) is 6.41. The first-order chi connectivity index (χ1) is 10.5. The van der Waals surface area contributed by atoms with Gasteiger partial charge in [-0.1, -0.05) is 107 Å². The first kappa shape index (κ1) is 18.3. The van der Waals surface area contributed by atoms with Gasteiger partial charge in [0.1, 0.15) is 0 Å². The van der Waals surface area contributed by atoms with Crippen LogP contribution >= 0.6 is 0 Å². The van der Waals surface area contributed by atoms with E-state index >= 15 is 0 Å². The molecule has 0 radical (unpaired) electrons. The quantitative estimate of drug-likeness (QED) is 0.432. The summed E-state index contributed by atoms with van der Waals surface area (Å²) in [7, 11) is 0. The molecule has 0 aromatic rings. The van der Waals surface area contributed by atoms with E-state index in [1.807, 2.05) is 0 Å². The summed E-state index contributed by atoms with van der Waals surface area (Å²) >= 11 is 0. The monoisotopic (exact) mass is 288 g/mol. The fourth-order valence-electron chi connectivity index (χ4n) is 2.95. The van der Waals surface area contributed by atoms with E-state index < -0.39 is 0 Å². The van der Waals surface area contributed by atoms with E-state index in [9.17, 15) is 0 Å². The molecule has 1 rings (SSSR count). The maximum Gasteiger partial charge on any atom is -0.0348 e.